The summed E-state index contributed by atoms with van der Waals surface area (Å²) in [7, 11) is 0. The first-order valence-electron chi connectivity index (χ1n) is 7.06. The normalized spacial score (nSPS) is 22.7. The molecule has 6 heteroatoms. The van der Waals surface area contributed by atoms with Gasteiger partial charge in [-0.05, 0) is 42.6 Å². The van der Waals surface area contributed by atoms with E-state index in [9.17, 15) is 4.79 Å². The third-order valence-electron chi connectivity index (χ3n) is 3.80. The van der Waals surface area contributed by atoms with Gasteiger partial charge in [0.25, 0.3) is 0 Å². The Hall–Kier alpha value is -0.880. The van der Waals surface area contributed by atoms with E-state index in [1.54, 1.807) is 23.5 Å². The summed E-state index contributed by atoms with van der Waals surface area (Å²) in [4.78, 5) is 18.1. The van der Waals surface area contributed by atoms with Crippen molar-refractivity contribution in [1.29, 1.82) is 0 Å². The van der Waals surface area contributed by atoms with E-state index >= 15 is 0 Å². The summed E-state index contributed by atoms with van der Waals surface area (Å²) in [5, 5.41) is 4.67. The van der Waals surface area contributed by atoms with Gasteiger partial charge in [0, 0.05) is 11.3 Å². The highest BCUT2D eigenvalue weighted by atomic mass is 32.2. The summed E-state index contributed by atoms with van der Waals surface area (Å²) in [5.74, 6) is 0.889. The van der Waals surface area contributed by atoms with Gasteiger partial charge in [0.05, 0.1) is 23.2 Å². The van der Waals surface area contributed by atoms with Gasteiger partial charge >= 0.3 is 0 Å². The molecule has 0 radical (unpaired) electrons. The Morgan fingerprint density at radius 1 is 1.30 bits per heavy atom. The fourth-order valence-electron chi connectivity index (χ4n) is 2.64. The minimum atomic E-state index is -0.0285. The number of allylic oxidation sites excluding steroid dienone is 1. The third kappa shape index (κ3) is 3.06. The largest absolute Gasteiger partial charge is 0.393 e. The van der Waals surface area contributed by atoms with Crippen LogP contribution in [0.5, 0.6) is 0 Å². The highest BCUT2D eigenvalue weighted by molar-refractivity contribution is 8.17. The number of aliphatic imine (C=N–C) groups is 1. The van der Waals surface area contributed by atoms with Gasteiger partial charge < -0.3 is 11.1 Å². The fraction of sp³-hybridized carbons (Fsp3) is 0.571. The maximum absolute atomic E-state index is 12.0. The summed E-state index contributed by atoms with van der Waals surface area (Å²) in [6, 6.07) is 0. The van der Waals surface area contributed by atoms with Crippen LogP contribution >= 0.6 is 23.5 Å². The number of nitrogens with zero attached hydrogens (tertiary/aromatic N) is 1. The topological polar surface area (TPSA) is 67.5 Å². The number of hydrogen-bond donors (Lipinski definition) is 2. The van der Waals surface area contributed by atoms with E-state index in [-0.39, 0.29) is 5.91 Å². The number of thioether (sulfide) groups is 2. The predicted octanol–water partition coefficient (Wildman–Crippen LogP) is 2.38. The molecule has 0 spiro atoms. The molecule has 3 rings (SSSR count). The predicted molar refractivity (Wildman–Crippen MR) is 86.7 cm³/mol. The Labute approximate surface area is 127 Å². The van der Waals surface area contributed by atoms with Gasteiger partial charge in [-0.1, -0.05) is 11.8 Å². The molecule has 0 aromatic heterocycles. The second-order valence-electron chi connectivity index (χ2n) is 5.17. The van der Waals surface area contributed by atoms with Crippen LogP contribution in [-0.2, 0) is 4.79 Å². The maximum atomic E-state index is 12.0. The molecule has 20 heavy (non-hydrogen) atoms. The molecule has 1 aliphatic carbocycles. The van der Waals surface area contributed by atoms with Crippen LogP contribution in [0.2, 0.25) is 0 Å². The van der Waals surface area contributed by atoms with Gasteiger partial charge in [0.1, 0.15) is 0 Å². The number of amides is 1. The van der Waals surface area contributed by atoms with E-state index in [0.29, 0.717) is 11.6 Å². The molecule has 0 aromatic rings. The van der Waals surface area contributed by atoms with Gasteiger partial charge in [0.2, 0.25) is 5.91 Å². The highest BCUT2D eigenvalue weighted by Crippen LogP contribution is 2.36. The Morgan fingerprint density at radius 3 is 2.95 bits per heavy atom. The smallest absolute Gasteiger partial charge is 0.250 e. The Bertz CT molecular complexity index is 523. The number of nitrogens with one attached hydrogen (secondary N) is 1. The monoisotopic (exact) mass is 309 g/mol. The zero-order valence-electron chi connectivity index (χ0n) is 11.4. The Morgan fingerprint density at radius 2 is 2.15 bits per heavy atom. The van der Waals surface area contributed by atoms with E-state index in [1.165, 1.54) is 36.2 Å². The molecule has 0 unspecified atom stereocenters. The van der Waals surface area contributed by atoms with Gasteiger partial charge in [0.15, 0.2) is 0 Å². The van der Waals surface area contributed by atoms with E-state index in [4.69, 9.17) is 5.73 Å². The van der Waals surface area contributed by atoms with Crippen LogP contribution in [0.4, 0.5) is 0 Å². The molecule has 2 heterocycles. The van der Waals surface area contributed by atoms with Crippen LogP contribution < -0.4 is 11.1 Å². The Balaban J connectivity index is 1.54. The van der Waals surface area contributed by atoms with Crippen molar-refractivity contribution in [2.45, 2.75) is 32.1 Å². The molecule has 0 atom stereocenters. The molecule has 2 aliphatic heterocycles. The van der Waals surface area contributed by atoms with Crippen molar-refractivity contribution in [1.82, 2.24) is 5.32 Å². The van der Waals surface area contributed by atoms with Crippen molar-refractivity contribution >= 4 is 34.5 Å². The zero-order chi connectivity index (χ0) is 13.9. The average molecular weight is 309 g/mol. The van der Waals surface area contributed by atoms with Gasteiger partial charge in [-0.3, -0.25) is 9.79 Å². The lowest BCUT2D eigenvalue weighted by Crippen LogP contribution is -2.31. The number of rotatable bonds is 3. The highest BCUT2D eigenvalue weighted by Gasteiger charge is 2.22. The first kappa shape index (κ1) is 14.1. The summed E-state index contributed by atoms with van der Waals surface area (Å²) in [6.45, 7) is 1.36. The van der Waals surface area contributed by atoms with Crippen LogP contribution in [0, 0.1) is 0 Å². The molecular weight excluding hydrogens is 290 g/mol. The lowest BCUT2D eigenvalue weighted by Gasteiger charge is -2.23. The fourth-order valence-corrected chi connectivity index (χ4v) is 4.65. The summed E-state index contributed by atoms with van der Waals surface area (Å²) < 4.78 is 0. The van der Waals surface area contributed by atoms with Gasteiger partial charge in [-0.15, -0.1) is 11.8 Å². The van der Waals surface area contributed by atoms with E-state index in [2.05, 4.69) is 10.3 Å². The van der Waals surface area contributed by atoms with E-state index in [0.717, 1.165) is 29.3 Å². The minimum Gasteiger partial charge on any atom is -0.393 e. The molecular formula is C14H19N3OS2. The van der Waals surface area contributed by atoms with Crippen molar-refractivity contribution in [3.63, 3.8) is 0 Å². The van der Waals surface area contributed by atoms with Crippen molar-refractivity contribution < 1.29 is 4.79 Å². The second-order valence-corrected chi connectivity index (χ2v) is 7.47. The van der Waals surface area contributed by atoms with E-state index < -0.39 is 0 Å². The van der Waals surface area contributed by atoms with Crippen LogP contribution in [0.1, 0.15) is 32.1 Å². The molecule has 0 fully saturated rings. The van der Waals surface area contributed by atoms with Crippen molar-refractivity contribution in [3.05, 3.63) is 21.1 Å². The lowest BCUT2D eigenvalue weighted by molar-refractivity contribution is -0.117. The molecule has 108 valence electrons. The number of nitrogens with two attached hydrogens (primary N) is 1. The third-order valence-corrected chi connectivity index (χ3v) is 6.01. The first-order valence-corrected chi connectivity index (χ1v) is 8.86. The zero-order valence-corrected chi connectivity index (χ0v) is 13.0. The van der Waals surface area contributed by atoms with Crippen molar-refractivity contribution in [3.8, 4) is 0 Å². The van der Waals surface area contributed by atoms with Crippen molar-refractivity contribution in [2.75, 3.05) is 18.8 Å². The summed E-state index contributed by atoms with van der Waals surface area (Å²) in [6.07, 6.45) is 5.74. The molecule has 0 saturated carbocycles. The summed E-state index contributed by atoms with van der Waals surface area (Å²) in [5.41, 5.74) is 8.07. The minimum absolute atomic E-state index is 0.0285. The van der Waals surface area contributed by atoms with Gasteiger partial charge in [-0.25, -0.2) is 0 Å². The van der Waals surface area contributed by atoms with Crippen LogP contribution in [0.25, 0.3) is 0 Å². The van der Waals surface area contributed by atoms with Crippen LogP contribution in [-0.4, -0.2) is 29.8 Å². The second kappa shape index (κ2) is 6.26. The number of hydrogen-bond acceptors (Lipinski definition) is 5. The van der Waals surface area contributed by atoms with Crippen molar-refractivity contribution in [2.24, 2.45) is 10.7 Å². The van der Waals surface area contributed by atoms with Crippen LogP contribution in [0.3, 0.4) is 0 Å². The first-order chi connectivity index (χ1) is 9.74. The molecule has 3 aliphatic rings. The standard InChI is InChI=1S/C14H19N3OS2/c15-13-10(5-6-19-13)14(18)17-8-12-16-7-9-3-1-2-4-11(9)20-12/h1-8,15H2,(H,17,18). The maximum Gasteiger partial charge on any atom is 0.250 e. The average Bonchev–Trinajstić information content (AvgIpc) is 2.91. The molecule has 0 bridgehead atoms. The molecule has 0 aromatic carbocycles. The summed E-state index contributed by atoms with van der Waals surface area (Å²) >= 11 is 3.33. The quantitative estimate of drug-likeness (QED) is 0.840. The Kier molecular flexibility index (Phi) is 4.41. The lowest BCUT2D eigenvalue weighted by atomic mass is 9.99. The molecule has 0 saturated heterocycles. The molecule has 3 N–H and O–H groups in total. The van der Waals surface area contributed by atoms with Gasteiger partial charge in [-0.2, -0.15) is 0 Å². The number of carbonyl (C=O) groups excluding carboxylic acids is 1. The molecule has 1 amide bonds. The van der Waals surface area contributed by atoms with Crippen LogP contribution in [0.15, 0.2) is 26.1 Å². The van der Waals surface area contributed by atoms with E-state index in [1.807, 2.05) is 0 Å². The number of carbonyl (C=O) groups is 1. The molecule has 4 nitrogen and oxygen atoms in total. The SMILES string of the molecule is NC1=C(C(=O)NCC2=NCC3=C(CCCC3)S2)CCS1.